The van der Waals surface area contributed by atoms with Gasteiger partial charge in [-0.25, -0.2) is 29.5 Å². The molecule has 1 amide bonds. The summed E-state index contributed by atoms with van der Waals surface area (Å²) in [6.07, 6.45) is 6.32. The lowest BCUT2D eigenvalue weighted by Gasteiger charge is -2.36. The fourth-order valence-electron chi connectivity index (χ4n) is 9.17. The number of halogens is 3. The second-order valence-corrected chi connectivity index (χ2v) is 28.4. The van der Waals surface area contributed by atoms with Crippen LogP contribution in [0.25, 0.3) is 32.7 Å². The summed E-state index contributed by atoms with van der Waals surface area (Å²) in [4.78, 5) is 66.4. The number of nitriles is 1. The zero-order valence-corrected chi connectivity index (χ0v) is 52.4. The second-order valence-electron chi connectivity index (χ2n) is 22.2. The zero-order chi connectivity index (χ0) is 62.7. The Hall–Kier alpha value is -8.80. The van der Waals surface area contributed by atoms with Crippen molar-refractivity contribution in [2.75, 3.05) is 12.8 Å². The van der Waals surface area contributed by atoms with E-state index in [0.29, 0.717) is 69.4 Å². The van der Waals surface area contributed by atoms with Crippen LogP contribution >= 0.6 is 34.8 Å². The number of aryl methyl sites for hydroxylation is 2. The van der Waals surface area contributed by atoms with Crippen LogP contribution < -0.4 is 11.1 Å². The highest BCUT2D eigenvalue weighted by Crippen LogP contribution is 2.37. The first-order chi connectivity index (χ1) is 41.3. The average molecular weight is 1240 g/mol. The second kappa shape index (κ2) is 28.1. The number of carbonyl (C=O) groups is 3. The van der Waals surface area contributed by atoms with E-state index in [1.165, 1.54) is 19.2 Å². The molecule has 0 radical (unpaired) electrons. The molecule has 0 aliphatic carbocycles. The van der Waals surface area contributed by atoms with Gasteiger partial charge in [0.1, 0.15) is 29.0 Å². The SMILES string of the molecule is CC(C)(C)[Si](C)(C)OCc1cc(C#N)nc(Cc2ccc3ncc(Cl)cc3c2)c1.COC(=O)c1cc(CO)cc(Cc2ccc3ncc(Cl)cc3c2)n1.Cc1cc(N)nc(C)c1CNC(=O)c1cc(Cc2ccc3ncc(Cl)cc3c2)nc(C(=O)O)c1. The van der Waals surface area contributed by atoms with E-state index in [4.69, 9.17) is 49.7 Å². The largest absolute Gasteiger partial charge is 0.477 e. The molecule has 0 aliphatic rings. The van der Waals surface area contributed by atoms with E-state index >= 15 is 0 Å². The number of ether oxygens (including phenoxy) is 1. The molecule has 17 nitrogen and oxygen atoms in total. The van der Waals surface area contributed by atoms with E-state index in [1.807, 2.05) is 92.7 Å². The molecule has 0 fully saturated rings. The number of nitrogens with zero attached hydrogens (tertiary/aromatic N) is 8. The van der Waals surface area contributed by atoms with Crippen molar-refractivity contribution in [3.63, 3.8) is 0 Å². The van der Waals surface area contributed by atoms with Gasteiger partial charge in [0.15, 0.2) is 8.32 Å². The lowest BCUT2D eigenvalue weighted by atomic mass is 10.0. The van der Waals surface area contributed by atoms with Gasteiger partial charge < -0.3 is 30.4 Å². The number of benzene rings is 3. The molecule has 87 heavy (non-hydrogen) atoms. The van der Waals surface area contributed by atoms with Gasteiger partial charge in [-0.2, -0.15) is 5.26 Å². The number of aliphatic hydroxyl groups excluding tert-OH is 1. The number of nitrogen functional groups attached to an aromatic ring is 1. The van der Waals surface area contributed by atoms with Crippen LogP contribution in [-0.4, -0.2) is 78.4 Å². The molecule has 7 aromatic heterocycles. The lowest BCUT2D eigenvalue weighted by Crippen LogP contribution is -2.40. The Morgan fingerprint density at radius 2 is 1.14 bits per heavy atom. The summed E-state index contributed by atoms with van der Waals surface area (Å²) in [6.45, 7) is 15.4. The number of nitrogens with two attached hydrogens (primary N) is 1. The number of methoxy groups -OCH3 is 1. The molecule has 5 N–H and O–H groups in total. The summed E-state index contributed by atoms with van der Waals surface area (Å²) in [7, 11) is -0.565. The van der Waals surface area contributed by atoms with Crippen molar-refractivity contribution in [3.05, 3.63) is 233 Å². The predicted octanol–water partition coefficient (Wildman–Crippen LogP) is 13.5. The number of rotatable bonds is 15. The number of amides is 1. The fourth-order valence-corrected chi connectivity index (χ4v) is 10.6. The van der Waals surface area contributed by atoms with Crippen LogP contribution in [-0.2, 0) is 48.2 Å². The quantitative estimate of drug-likeness (QED) is 0.0549. The average Bonchev–Trinajstić information content (AvgIpc) is 2.19. The van der Waals surface area contributed by atoms with Crippen LogP contribution in [0.2, 0.25) is 33.2 Å². The number of esters is 1. The van der Waals surface area contributed by atoms with Crippen molar-refractivity contribution < 1.29 is 33.8 Å². The summed E-state index contributed by atoms with van der Waals surface area (Å²) < 4.78 is 11.0. The summed E-state index contributed by atoms with van der Waals surface area (Å²) >= 11 is 18.1. The maximum absolute atomic E-state index is 12.9. The number of aliphatic hydroxyl groups is 1. The number of aromatic carboxylic acids is 1. The molecule has 444 valence electrons. The standard InChI is InChI=1S/C25H22ClN5O3.C23H26ClN3OSi.C18H15ClN2O3/c1-13-5-23(27)30-14(2)20(13)12-29-24(32)17-9-19(31-22(10-17)25(33)34)7-15-3-4-21-16(6-15)8-18(26)11-28-21;1-23(2,3)29(4,5)28-15-17-10-20(27-21(11-17)13-25)9-16-6-7-22-18(8-16)12-19(24)14-26-22;1-24-18(23)17-7-12(10-22)6-15(21-17)5-11-2-3-16-13(4-11)8-14(19)9-20-16/h3-6,8-11H,7,12H2,1-2H3,(H2,27,30)(H,29,32)(H,33,34);6-8,10-12,14H,9,15H2,1-5H3;2-4,6-9,22H,5,10H2,1H3. The summed E-state index contributed by atoms with van der Waals surface area (Å²) in [6, 6.07) is 37.1. The van der Waals surface area contributed by atoms with Gasteiger partial charge in [-0.1, -0.05) is 73.8 Å². The molecular weight excluding hydrogens is 1180 g/mol. The van der Waals surface area contributed by atoms with Gasteiger partial charge in [-0.3, -0.25) is 19.7 Å². The van der Waals surface area contributed by atoms with Crippen molar-refractivity contribution in [1.82, 2.24) is 40.2 Å². The van der Waals surface area contributed by atoms with E-state index < -0.39 is 26.2 Å². The fraction of sp³-hybridized carbons (Fsp3) is 0.227. The van der Waals surface area contributed by atoms with Crippen LogP contribution in [0, 0.1) is 25.2 Å². The number of aromatic nitrogens is 7. The molecule has 0 spiro atoms. The van der Waals surface area contributed by atoms with E-state index in [2.05, 4.69) is 86.2 Å². The van der Waals surface area contributed by atoms with Crippen molar-refractivity contribution in [2.45, 2.75) is 91.8 Å². The van der Waals surface area contributed by atoms with Crippen molar-refractivity contribution in [3.8, 4) is 6.07 Å². The zero-order valence-electron chi connectivity index (χ0n) is 49.2. The number of nitrogens with one attached hydrogen (secondary N) is 1. The summed E-state index contributed by atoms with van der Waals surface area (Å²) in [5, 5.41) is 35.8. The first-order valence-corrected chi connectivity index (χ1v) is 31.5. The normalized spacial score (nSPS) is 11.3. The van der Waals surface area contributed by atoms with Gasteiger partial charge in [0, 0.05) is 88.9 Å². The molecular formula is C66H63Cl3N10O7Si. The predicted molar refractivity (Wildman–Crippen MR) is 342 cm³/mol. The highest BCUT2D eigenvalue weighted by molar-refractivity contribution is 6.74. The highest BCUT2D eigenvalue weighted by Gasteiger charge is 2.37. The molecule has 7 heterocycles. The van der Waals surface area contributed by atoms with Gasteiger partial charge in [-0.15, -0.1) is 0 Å². The minimum absolute atomic E-state index is 0.140. The van der Waals surface area contributed by atoms with Crippen LogP contribution in [0.3, 0.4) is 0 Å². The Morgan fingerprint density at radius 1 is 0.644 bits per heavy atom. The van der Waals surface area contributed by atoms with E-state index in [1.54, 1.807) is 36.8 Å². The molecule has 0 atom stereocenters. The first-order valence-electron chi connectivity index (χ1n) is 27.5. The Bertz CT molecular complexity index is 4270. The monoisotopic (exact) mass is 1240 g/mol. The van der Waals surface area contributed by atoms with Crippen molar-refractivity contribution in [2.24, 2.45) is 0 Å². The smallest absolute Gasteiger partial charge is 0.356 e. The van der Waals surface area contributed by atoms with Gasteiger partial charge in [-0.05, 0) is 168 Å². The van der Waals surface area contributed by atoms with Gasteiger partial charge in [0.2, 0.25) is 0 Å². The minimum Gasteiger partial charge on any atom is -0.477 e. The van der Waals surface area contributed by atoms with Crippen LogP contribution in [0.1, 0.15) is 120 Å². The molecule has 10 aromatic rings. The summed E-state index contributed by atoms with van der Waals surface area (Å²) in [5.41, 5.74) is 18.0. The highest BCUT2D eigenvalue weighted by atomic mass is 35.5. The molecule has 3 aromatic carbocycles. The van der Waals surface area contributed by atoms with Gasteiger partial charge >= 0.3 is 11.9 Å². The molecule has 0 unspecified atom stereocenters. The lowest BCUT2D eigenvalue weighted by molar-refractivity contribution is 0.0592. The molecule has 21 heteroatoms. The number of hydrogen-bond donors (Lipinski definition) is 4. The van der Waals surface area contributed by atoms with E-state index in [0.717, 1.165) is 77.5 Å². The minimum atomic E-state index is -1.87. The Labute approximate surface area is 519 Å². The number of carbonyl (C=O) groups excluding carboxylic acids is 2. The maximum Gasteiger partial charge on any atom is 0.356 e. The Balaban J connectivity index is 0.000000172. The number of carboxylic acids is 1. The number of hydrogen-bond acceptors (Lipinski definition) is 15. The van der Waals surface area contributed by atoms with Crippen molar-refractivity contribution >= 4 is 99.5 Å². The van der Waals surface area contributed by atoms with Crippen LogP contribution in [0.5, 0.6) is 0 Å². The van der Waals surface area contributed by atoms with E-state index in [9.17, 15) is 29.9 Å². The summed E-state index contributed by atoms with van der Waals surface area (Å²) in [5.74, 6) is -1.72. The Kier molecular flexibility index (Phi) is 20.8. The third-order valence-electron chi connectivity index (χ3n) is 14.6. The number of pyridine rings is 7. The Morgan fingerprint density at radius 3 is 1.61 bits per heavy atom. The van der Waals surface area contributed by atoms with Crippen LogP contribution in [0.15, 0.2) is 134 Å². The third-order valence-corrected chi connectivity index (χ3v) is 19.7. The van der Waals surface area contributed by atoms with Gasteiger partial charge in [0.05, 0.1) is 51.9 Å². The third kappa shape index (κ3) is 17.2. The molecule has 0 aliphatic heterocycles. The number of carboxylic acid groups (broad SMARTS) is 1. The molecule has 0 saturated heterocycles. The molecule has 0 bridgehead atoms. The van der Waals surface area contributed by atoms with Crippen LogP contribution in [0.4, 0.5) is 5.82 Å². The van der Waals surface area contributed by atoms with Gasteiger partial charge in [0.25, 0.3) is 5.91 Å². The topological polar surface area (TPSA) is 262 Å². The number of fused-ring (bicyclic) bond motifs is 3. The number of anilines is 1. The molecule has 10 rings (SSSR count). The first kappa shape index (κ1) is 64.2. The van der Waals surface area contributed by atoms with Crippen molar-refractivity contribution in [1.29, 1.82) is 5.26 Å². The van der Waals surface area contributed by atoms with E-state index in [-0.39, 0.29) is 35.1 Å². The molecule has 0 saturated carbocycles. The maximum atomic E-state index is 12.9.